The molecule has 1 saturated heterocycles. The smallest absolute Gasteiger partial charge is 0.387 e. The molecular formula is C23H26F2N2O5. The summed E-state index contributed by atoms with van der Waals surface area (Å²) < 4.78 is 39.8. The van der Waals surface area contributed by atoms with Gasteiger partial charge in [0.05, 0.1) is 7.11 Å². The van der Waals surface area contributed by atoms with E-state index >= 15 is 0 Å². The van der Waals surface area contributed by atoms with Crippen LogP contribution in [0.15, 0.2) is 48.5 Å². The highest BCUT2D eigenvalue weighted by Crippen LogP contribution is 2.29. The molecule has 1 aliphatic rings. The lowest BCUT2D eigenvalue weighted by molar-refractivity contribution is -0.137. The number of rotatable bonds is 9. The van der Waals surface area contributed by atoms with Gasteiger partial charge in [-0.2, -0.15) is 8.78 Å². The Hall–Kier alpha value is -3.36. The number of nitrogens with one attached hydrogen (secondary N) is 1. The van der Waals surface area contributed by atoms with Crippen LogP contribution in [0.2, 0.25) is 0 Å². The van der Waals surface area contributed by atoms with Crippen molar-refractivity contribution in [2.45, 2.75) is 26.0 Å². The second-order valence-electron chi connectivity index (χ2n) is 7.34. The molecule has 1 heterocycles. The molecule has 2 amide bonds. The molecule has 0 bridgehead atoms. The third kappa shape index (κ3) is 6.57. The summed E-state index contributed by atoms with van der Waals surface area (Å²) >= 11 is 0. The molecule has 1 N–H and O–H groups in total. The van der Waals surface area contributed by atoms with Crippen molar-refractivity contribution in [3.63, 3.8) is 0 Å². The second kappa shape index (κ2) is 11.3. The highest BCUT2D eigenvalue weighted by atomic mass is 19.3. The molecular weight excluding hydrogens is 422 g/mol. The number of benzene rings is 2. The van der Waals surface area contributed by atoms with Crippen LogP contribution < -0.4 is 19.5 Å². The molecule has 0 saturated carbocycles. The standard InChI is InChI=1S/C23H26F2N2O5/c1-30-20-13-16(7-8-19(20)32-23(24)25)14-26-22(29)17-9-11-27(12-10-17)21(28)15-31-18-5-3-2-4-6-18/h2-8,13,17,23H,9-12,14-15H2,1H3,(H,26,29). The summed E-state index contributed by atoms with van der Waals surface area (Å²) in [7, 11) is 1.36. The van der Waals surface area contributed by atoms with Crippen LogP contribution in [0.1, 0.15) is 18.4 Å². The zero-order valence-electron chi connectivity index (χ0n) is 17.8. The lowest BCUT2D eigenvalue weighted by atomic mass is 9.95. The number of carbonyl (C=O) groups excluding carboxylic acids is 2. The van der Waals surface area contributed by atoms with Crippen molar-refractivity contribution >= 4 is 11.8 Å². The molecule has 2 aromatic carbocycles. The Morgan fingerprint density at radius 3 is 2.47 bits per heavy atom. The van der Waals surface area contributed by atoms with Gasteiger partial charge in [0, 0.05) is 25.6 Å². The molecule has 172 valence electrons. The Balaban J connectivity index is 1.43. The molecule has 3 rings (SSSR count). The maximum Gasteiger partial charge on any atom is 0.387 e. The van der Waals surface area contributed by atoms with Crippen molar-refractivity contribution < 1.29 is 32.6 Å². The summed E-state index contributed by atoms with van der Waals surface area (Å²) in [6.07, 6.45) is 1.13. The molecule has 1 fully saturated rings. The summed E-state index contributed by atoms with van der Waals surface area (Å²) in [5.74, 6) is 0.334. The largest absolute Gasteiger partial charge is 0.493 e. The van der Waals surface area contributed by atoms with E-state index in [1.54, 1.807) is 29.2 Å². The van der Waals surface area contributed by atoms with E-state index in [9.17, 15) is 18.4 Å². The summed E-state index contributed by atoms with van der Waals surface area (Å²) in [6.45, 7) is -1.77. The van der Waals surface area contributed by atoms with E-state index in [0.29, 0.717) is 37.2 Å². The minimum absolute atomic E-state index is 0.0338. The van der Waals surface area contributed by atoms with Crippen molar-refractivity contribution in [1.82, 2.24) is 10.2 Å². The van der Waals surface area contributed by atoms with Crippen LogP contribution in [0, 0.1) is 5.92 Å². The molecule has 2 aromatic rings. The maximum atomic E-state index is 12.5. The van der Waals surface area contributed by atoms with Crippen molar-refractivity contribution in [1.29, 1.82) is 0 Å². The Morgan fingerprint density at radius 2 is 1.81 bits per heavy atom. The first-order chi connectivity index (χ1) is 15.5. The maximum absolute atomic E-state index is 12.5. The molecule has 0 unspecified atom stereocenters. The van der Waals surface area contributed by atoms with Gasteiger partial charge >= 0.3 is 6.61 Å². The van der Waals surface area contributed by atoms with Gasteiger partial charge < -0.3 is 24.4 Å². The van der Waals surface area contributed by atoms with Crippen LogP contribution in [-0.4, -0.2) is 50.1 Å². The van der Waals surface area contributed by atoms with Gasteiger partial charge in [0.1, 0.15) is 5.75 Å². The quantitative estimate of drug-likeness (QED) is 0.638. The number of carbonyl (C=O) groups is 2. The van der Waals surface area contributed by atoms with Gasteiger partial charge in [-0.1, -0.05) is 24.3 Å². The van der Waals surface area contributed by atoms with Crippen molar-refractivity contribution in [3.8, 4) is 17.2 Å². The van der Waals surface area contributed by atoms with Gasteiger partial charge in [-0.25, -0.2) is 0 Å². The van der Waals surface area contributed by atoms with Crippen LogP contribution in [0.25, 0.3) is 0 Å². The number of ether oxygens (including phenoxy) is 3. The second-order valence-corrected chi connectivity index (χ2v) is 7.34. The zero-order chi connectivity index (χ0) is 22.9. The molecule has 32 heavy (non-hydrogen) atoms. The van der Waals surface area contributed by atoms with E-state index in [-0.39, 0.29) is 42.4 Å². The van der Waals surface area contributed by atoms with E-state index in [1.165, 1.54) is 13.2 Å². The van der Waals surface area contributed by atoms with Gasteiger partial charge in [0.25, 0.3) is 5.91 Å². The average Bonchev–Trinajstić information content (AvgIpc) is 2.82. The van der Waals surface area contributed by atoms with Gasteiger partial charge in [-0.05, 0) is 42.7 Å². The minimum atomic E-state index is -2.95. The minimum Gasteiger partial charge on any atom is -0.493 e. The van der Waals surface area contributed by atoms with Crippen LogP contribution >= 0.6 is 0 Å². The predicted molar refractivity (Wildman–Crippen MR) is 113 cm³/mol. The van der Waals surface area contributed by atoms with Crippen LogP contribution in [0.4, 0.5) is 8.78 Å². The fourth-order valence-electron chi connectivity index (χ4n) is 3.49. The molecule has 7 nitrogen and oxygen atoms in total. The lowest BCUT2D eigenvalue weighted by Gasteiger charge is -2.31. The Bertz CT molecular complexity index is 903. The molecule has 0 spiro atoms. The highest BCUT2D eigenvalue weighted by molar-refractivity contribution is 5.80. The first-order valence-electron chi connectivity index (χ1n) is 10.3. The molecule has 0 aliphatic carbocycles. The predicted octanol–water partition coefficient (Wildman–Crippen LogP) is 3.23. The number of para-hydroxylation sites is 1. The lowest BCUT2D eigenvalue weighted by Crippen LogP contribution is -2.44. The number of piperidine rings is 1. The topological polar surface area (TPSA) is 77.1 Å². The van der Waals surface area contributed by atoms with E-state index in [1.807, 2.05) is 18.2 Å². The summed E-state index contributed by atoms with van der Waals surface area (Å²) in [4.78, 5) is 26.6. The Morgan fingerprint density at radius 1 is 1.09 bits per heavy atom. The number of nitrogens with zero attached hydrogens (tertiary/aromatic N) is 1. The molecule has 0 aromatic heterocycles. The summed E-state index contributed by atoms with van der Waals surface area (Å²) in [5, 5.41) is 2.86. The van der Waals surface area contributed by atoms with E-state index in [4.69, 9.17) is 9.47 Å². The number of hydrogen-bond acceptors (Lipinski definition) is 5. The Kier molecular flexibility index (Phi) is 8.24. The molecule has 9 heteroatoms. The summed E-state index contributed by atoms with van der Waals surface area (Å²) in [5.41, 5.74) is 0.697. The van der Waals surface area contributed by atoms with Crippen LogP contribution in [0.5, 0.6) is 17.2 Å². The Labute approximate surface area is 185 Å². The van der Waals surface area contributed by atoms with Gasteiger partial charge in [0.2, 0.25) is 5.91 Å². The number of methoxy groups -OCH3 is 1. The normalized spacial score (nSPS) is 14.2. The fraction of sp³-hybridized carbons (Fsp3) is 0.391. The summed E-state index contributed by atoms with van der Waals surface area (Å²) in [6, 6.07) is 13.7. The monoisotopic (exact) mass is 448 g/mol. The fourth-order valence-corrected chi connectivity index (χ4v) is 3.49. The van der Waals surface area contributed by atoms with Crippen LogP contribution in [-0.2, 0) is 16.1 Å². The van der Waals surface area contributed by atoms with E-state index in [0.717, 1.165) is 0 Å². The molecule has 1 aliphatic heterocycles. The molecule has 0 atom stereocenters. The number of amides is 2. The van der Waals surface area contributed by atoms with E-state index < -0.39 is 6.61 Å². The zero-order valence-corrected chi connectivity index (χ0v) is 17.8. The number of halogens is 2. The number of alkyl halides is 2. The highest BCUT2D eigenvalue weighted by Gasteiger charge is 2.27. The van der Waals surface area contributed by atoms with Crippen molar-refractivity contribution in [3.05, 3.63) is 54.1 Å². The third-order valence-corrected chi connectivity index (χ3v) is 5.23. The van der Waals surface area contributed by atoms with Gasteiger partial charge in [-0.15, -0.1) is 0 Å². The van der Waals surface area contributed by atoms with Gasteiger partial charge in [-0.3, -0.25) is 9.59 Å². The number of likely N-dealkylation sites (tertiary alicyclic amines) is 1. The van der Waals surface area contributed by atoms with Gasteiger partial charge in [0.15, 0.2) is 18.1 Å². The first kappa shape index (κ1) is 23.3. The van der Waals surface area contributed by atoms with Crippen molar-refractivity contribution in [2.75, 3.05) is 26.8 Å². The molecule has 0 radical (unpaired) electrons. The first-order valence-corrected chi connectivity index (χ1v) is 10.3. The van der Waals surface area contributed by atoms with Crippen LogP contribution in [0.3, 0.4) is 0 Å². The SMILES string of the molecule is COc1cc(CNC(=O)C2CCN(C(=O)COc3ccccc3)CC2)ccc1OC(F)F. The average molecular weight is 448 g/mol. The number of hydrogen-bond donors (Lipinski definition) is 1. The van der Waals surface area contributed by atoms with E-state index in [2.05, 4.69) is 10.1 Å². The van der Waals surface area contributed by atoms with Crippen molar-refractivity contribution in [2.24, 2.45) is 5.92 Å². The third-order valence-electron chi connectivity index (χ3n) is 5.23.